The summed E-state index contributed by atoms with van der Waals surface area (Å²) in [5.74, 6) is 1.35. The molecule has 3 heteroatoms. The molecule has 0 spiro atoms. The van der Waals surface area contributed by atoms with Gasteiger partial charge in [0.25, 0.3) is 0 Å². The van der Waals surface area contributed by atoms with Crippen molar-refractivity contribution in [1.29, 1.82) is 0 Å². The van der Waals surface area contributed by atoms with Crippen LogP contribution >= 0.6 is 0 Å². The monoisotopic (exact) mass is 238 g/mol. The maximum atomic E-state index is 12.1. The van der Waals surface area contributed by atoms with Crippen molar-refractivity contribution < 1.29 is 4.79 Å². The van der Waals surface area contributed by atoms with Crippen LogP contribution in [-0.2, 0) is 4.79 Å². The van der Waals surface area contributed by atoms with Gasteiger partial charge in [-0.1, -0.05) is 6.92 Å². The molecule has 0 unspecified atom stereocenters. The lowest BCUT2D eigenvalue weighted by Crippen LogP contribution is -2.47. The third-order valence-electron chi connectivity index (χ3n) is 4.55. The summed E-state index contributed by atoms with van der Waals surface area (Å²) in [7, 11) is 2.00. The first-order chi connectivity index (χ1) is 8.00. The zero-order valence-corrected chi connectivity index (χ0v) is 11.6. The van der Waals surface area contributed by atoms with E-state index in [1.807, 2.05) is 11.9 Å². The summed E-state index contributed by atoms with van der Waals surface area (Å²) in [4.78, 5) is 16.7. The van der Waals surface area contributed by atoms with Gasteiger partial charge in [0.2, 0.25) is 5.91 Å². The number of rotatable bonds is 3. The van der Waals surface area contributed by atoms with Crippen LogP contribution < -0.4 is 0 Å². The molecule has 0 aromatic heterocycles. The number of carbonyl (C=O) groups excluding carboxylic acids is 1. The summed E-state index contributed by atoms with van der Waals surface area (Å²) < 4.78 is 0. The first kappa shape index (κ1) is 12.9. The van der Waals surface area contributed by atoms with Crippen LogP contribution in [0.1, 0.15) is 40.0 Å². The van der Waals surface area contributed by atoms with E-state index >= 15 is 0 Å². The standard InChI is InChI=1S/C14H26N2O/c1-10(2)16-7-5-12(6-8-16)15(4)14(17)13-9-11(13)3/h10-13H,5-9H2,1-4H3/t11-,13-/m0/s1. The van der Waals surface area contributed by atoms with Crippen molar-refractivity contribution in [3.8, 4) is 0 Å². The lowest BCUT2D eigenvalue weighted by atomic mass is 10.0. The van der Waals surface area contributed by atoms with Crippen LogP contribution in [-0.4, -0.2) is 47.9 Å². The van der Waals surface area contributed by atoms with Gasteiger partial charge in [0.15, 0.2) is 0 Å². The fraction of sp³-hybridized carbons (Fsp3) is 0.929. The predicted octanol–water partition coefficient (Wildman–Crippen LogP) is 1.97. The van der Waals surface area contributed by atoms with Crippen molar-refractivity contribution in [3.63, 3.8) is 0 Å². The van der Waals surface area contributed by atoms with E-state index in [-0.39, 0.29) is 0 Å². The first-order valence-electron chi connectivity index (χ1n) is 7.01. The Hall–Kier alpha value is -0.570. The minimum atomic E-state index is 0.336. The third-order valence-corrected chi connectivity index (χ3v) is 4.55. The van der Waals surface area contributed by atoms with Gasteiger partial charge < -0.3 is 9.80 Å². The van der Waals surface area contributed by atoms with Gasteiger partial charge >= 0.3 is 0 Å². The second kappa shape index (κ2) is 4.97. The van der Waals surface area contributed by atoms with Gasteiger partial charge in [0.1, 0.15) is 0 Å². The molecule has 1 amide bonds. The van der Waals surface area contributed by atoms with Crippen LogP contribution in [0.5, 0.6) is 0 Å². The highest BCUT2D eigenvalue weighted by molar-refractivity contribution is 5.81. The molecule has 2 rings (SSSR count). The highest BCUT2D eigenvalue weighted by atomic mass is 16.2. The summed E-state index contributed by atoms with van der Waals surface area (Å²) in [6.45, 7) is 8.96. The van der Waals surface area contributed by atoms with Crippen molar-refractivity contribution in [2.45, 2.75) is 52.1 Å². The average molecular weight is 238 g/mol. The second-order valence-corrected chi connectivity index (χ2v) is 6.13. The van der Waals surface area contributed by atoms with Crippen LogP contribution in [0.2, 0.25) is 0 Å². The Bertz CT molecular complexity index is 282. The summed E-state index contributed by atoms with van der Waals surface area (Å²) in [6.07, 6.45) is 3.39. The zero-order chi connectivity index (χ0) is 12.6. The minimum absolute atomic E-state index is 0.336. The molecule has 0 aromatic carbocycles. The zero-order valence-electron chi connectivity index (χ0n) is 11.6. The lowest BCUT2D eigenvalue weighted by molar-refractivity contribution is -0.134. The number of carbonyl (C=O) groups is 1. The molecule has 1 saturated heterocycles. The maximum Gasteiger partial charge on any atom is 0.225 e. The molecule has 1 aliphatic heterocycles. The Morgan fingerprint density at radius 2 is 1.82 bits per heavy atom. The molecule has 17 heavy (non-hydrogen) atoms. The van der Waals surface area contributed by atoms with Crippen LogP contribution in [0.4, 0.5) is 0 Å². The number of piperidine rings is 1. The SMILES string of the molecule is CC(C)N1CCC(N(C)C(=O)[C@H]2C[C@@H]2C)CC1. The van der Waals surface area contributed by atoms with Crippen LogP contribution in [0.3, 0.4) is 0 Å². The van der Waals surface area contributed by atoms with Gasteiger partial charge in [-0.05, 0) is 39.0 Å². The van der Waals surface area contributed by atoms with Crippen molar-refractivity contribution >= 4 is 5.91 Å². The second-order valence-electron chi connectivity index (χ2n) is 6.13. The van der Waals surface area contributed by atoms with E-state index in [2.05, 4.69) is 25.7 Å². The van der Waals surface area contributed by atoms with Crippen LogP contribution in [0, 0.1) is 11.8 Å². The Morgan fingerprint density at radius 3 is 2.24 bits per heavy atom. The normalized spacial score (nSPS) is 30.6. The molecule has 0 N–H and O–H groups in total. The molecule has 1 heterocycles. The topological polar surface area (TPSA) is 23.6 Å². The van der Waals surface area contributed by atoms with E-state index in [9.17, 15) is 4.79 Å². The number of hydrogen-bond acceptors (Lipinski definition) is 2. The molecule has 1 aliphatic carbocycles. The number of nitrogens with zero attached hydrogens (tertiary/aromatic N) is 2. The van der Waals surface area contributed by atoms with E-state index in [0.717, 1.165) is 32.4 Å². The molecule has 0 bridgehead atoms. The van der Waals surface area contributed by atoms with Crippen molar-refractivity contribution in [3.05, 3.63) is 0 Å². The summed E-state index contributed by atoms with van der Waals surface area (Å²) >= 11 is 0. The van der Waals surface area contributed by atoms with E-state index in [0.29, 0.717) is 29.8 Å². The van der Waals surface area contributed by atoms with Crippen molar-refractivity contribution in [2.24, 2.45) is 11.8 Å². The molecule has 1 saturated carbocycles. The molecule has 2 aliphatic rings. The lowest BCUT2D eigenvalue weighted by Gasteiger charge is -2.38. The number of likely N-dealkylation sites (tertiary alicyclic amines) is 1. The Morgan fingerprint density at radius 1 is 1.29 bits per heavy atom. The molecular formula is C14H26N2O. The average Bonchev–Trinajstić information content (AvgIpc) is 3.04. The van der Waals surface area contributed by atoms with Crippen LogP contribution in [0.25, 0.3) is 0 Å². The highest BCUT2D eigenvalue weighted by Gasteiger charge is 2.42. The van der Waals surface area contributed by atoms with E-state index < -0.39 is 0 Å². The quantitative estimate of drug-likeness (QED) is 0.750. The highest BCUT2D eigenvalue weighted by Crippen LogP contribution is 2.39. The molecular weight excluding hydrogens is 212 g/mol. The summed E-state index contributed by atoms with van der Waals surface area (Å²) in [6, 6.07) is 1.12. The first-order valence-corrected chi connectivity index (χ1v) is 7.01. The van der Waals surface area contributed by atoms with E-state index in [4.69, 9.17) is 0 Å². The van der Waals surface area contributed by atoms with Gasteiger partial charge in [-0.2, -0.15) is 0 Å². The summed E-state index contributed by atoms with van der Waals surface area (Å²) in [5, 5.41) is 0. The van der Waals surface area contributed by atoms with Gasteiger partial charge in [-0.15, -0.1) is 0 Å². The molecule has 98 valence electrons. The Balaban J connectivity index is 1.82. The Labute approximate surface area is 105 Å². The van der Waals surface area contributed by atoms with Crippen molar-refractivity contribution in [2.75, 3.05) is 20.1 Å². The number of amides is 1. The molecule has 0 radical (unpaired) electrons. The van der Waals surface area contributed by atoms with Gasteiger partial charge in [0.05, 0.1) is 0 Å². The fourth-order valence-electron chi connectivity index (χ4n) is 2.90. The smallest absolute Gasteiger partial charge is 0.225 e. The third kappa shape index (κ3) is 2.82. The molecule has 0 aromatic rings. The molecule has 2 atom stereocenters. The molecule has 3 nitrogen and oxygen atoms in total. The van der Waals surface area contributed by atoms with E-state index in [1.165, 1.54) is 0 Å². The van der Waals surface area contributed by atoms with Crippen molar-refractivity contribution in [1.82, 2.24) is 9.80 Å². The largest absolute Gasteiger partial charge is 0.342 e. The minimum Gasteiger partial charge on any atom is -0.342 e. The maximum absolute atomic E-state index is 12.1. The fourth-order valence-corrected chi connectivity index (χ4v) is 2.90. The summed E-state index contributed by atoms with van der Waals surface area (Å²) in [5.41, 5.74) is 0. The van der Waals surface area contributed by atoms with Crippen LogP contribution in [0.15, 0.2) is 0 Å². The number of hydrogen-bond donors (Lipinski definition) is 0. The van der Waals surface area contributed by atoms with Gasteiger partial charge in [0, 0.05) is 38.1 Å². The van der Waals surface area contributed by atoms with Gasteiger partial charge in [-0.25, -0.2) is 0 Å². The predicted molar refractivity (Wildman–Crippen MR) is 69.8 cm³/mol. The Kier molecular flexibility index (Phi) is 3.76. The van der Waals surface area contributed by atoms with E-state index in [1.54, 1.807) is 0 Å². The molecule has 2 fully saturated rings. The van der Waals surface area contributed by atoms with Gasteiger partial charge in [-0.3, -0.25) is 4.79 Å².